The number of primary amides is 1. The third kappa shape index (κ3) is 3.42. The number of nitrogens with zero attached hydrogens (tertiary/aromatic N) is 1. The molecule has 1 heterocycles. The topological polar surface area (TPSA) is 83.6 Å². The number of hydrogen-bond donors (Lipinski definition) is 2. The third-order valence-corrected chi connectivity index (χ3v) is 3.82. The molecule has 1 aliphatic heterocycles. The number of phenolic OH excluding ortho intramolecular Hbond substituents is 1. The molecule has 1 saturated heterocycles. The Hall–Kier alpha value is -1.75. The van der Waals surface area contributed by atoms with Crippen molar-refractivity contribution >= 4 is 23.4 Å². The maximum Gasteiger partial charge on any atom is 0.257 e. The summed E-state index contributed by atoms with van der Waals surface area (Å²) in [6, 6.07) is 4.46. The number of carbonyl (C=O) groups is 2. The lowest BCUT2D eigenvalue weighted by molar-refractivity contribution is -0.119. The van der Waals surface area contributed by atoms with Gasteiger partial charge in [-0.3, -0.25) is 9.59 Å². The molecular weight excluding hydrogens is 280 g/mol. The first kappa shape index (κ1) is 14.7. The Morgan fingerprint density at radius 1 is 1.35 bits per heavy atom. The maximum absolute atomic E-state index is 12.3. The quantitative estimate of drug-likeness (QED) is 0.891. The largest absolute Gasteiger partial charge is 0.507 e. The van der Waals surface area contributed by atoms with Crippen LogP contribution in [0.2, 0.25) is 5.02 Å². The van der Waals surface area contributed by atoms with E-state index >= 15 is 0 Å². The lowest BCUT2D eigenvalue weighted by atomic mass is 9.93. The van der Waals surface area contributed by atoms with Gasteiger partial charge < -0.3 is 15.7 Å². The van der Waals surface area contributed by atoms with E-state index in [4.69, 9.17) is 17.3 Å². The van der Waals surface area contributed by atoms with E-state index in [1.807, 2.05) is 0 Å². The van der Waals surface area contributed by atoms with E-state index in [-0.39, 0.29) is 29.0 Å². The van der Waals surface area contributed by atoms with E-state index in [0.717, 1.165) is 12.8 Å². The lowest BCUT2D eigenvalue weighted by Gasteiger charge is -2.31. The second-order valence-corrected chi connectivity index (χ2v) is 5.50. The number of phenols is 1. The van der Waals surface area contributed by atoms with Crippen LogP contribution in [0.15, 0.2) is 18.2 Å². The fourth-order valence-corrected chi connectivity index (χ4v) is 2.65. The molecule has 6 heteroatoms. The van der Waals surface area contributed by atoms with Gasteiger partial charge in [0.05, 0.1) is 5.56 Å². The van der Waals surface area contributed by atoms with Gasteiger partial charge in [0.25, 0.3) is 5.91 Å². The minimum Gasteiger partial charge on any atom is -0.507 e. The first-order valence-electron chi connectivity index (χ1n) is 6.53. The van der Waals surface area contributed by atoms with E-state index in [2.05, 4.69) is 0 Å². The van der Waals surface area contributed by atoms with Gasteiger partial charge in [0, 0.05) is 24.5 Å². The highest BCUT2D eigenvalue weighted by Crippen LogP contribution is 2.26. The lowest BCUT2D eigenvalue weighted by Crippen LogP contribution is -2.39. The van der Waals surface area contributed by atoms with Gasteiger partial charge in [-0.2, -0.15) is 0 Å². The molecule has 0 bridgehead atoms. The summed E-state index contributed by atoms with van der Waals surface area (Å²) in [6.45, 7) is 1.14. The molecule has 0 unspecified atom stereocenters. The summed E-state index contributed by atoms with van der Waals surface area (Å²) in [5.41, 5.74) is 5.43. The average Bonchev–Trinajstić information content (AvgIpc) is 2.38. The van der Waals surface area contributed by atoms with E-state index in [9.17, 15) is 14.7 Å². The van der Waals surface area contributed by atoms with Crippen molar-refractivity contribution < 1.29 is 14.7 Å². The molecule has 0 spiro atoms. The molecule has 1 fully saturated rings. The Balaban J connectivity index is 1.99. The average molecular weight is 297 g/mol. The number of carbonyl (C=O) groups excluding carboxylic acids is 2. The number of amides is 2. The van der Waals surface area contributed by atoms with Crippen molar-refractivity contribution in [2.75, 3.05) is 13.1 Å². The number of piperidine rings is 1. The fourth-order valence-electron chi connectivity index (χ4n) is 2.48. The highest BCUT2D eigenvalue weighted by atomic mass is 35.5. The van der Waals surface area contributed by atoms with Gasteiger partial charge in [0.15, 0.2) is 0 Å². The van der Waals surface area contributed by atoms with E-state index in [1.54, 1.807) is 11.0 Å². The van der Waals surface area contributed by atoms with Gasteiger partial charge in [-0.15, -0.1) is 0 Å². The summed E-state index contributed by atoms with van der Waals surface area (Å²) in [4.78, 5) is 24.9. The van der Waals surface area contributed by atoms with Gasteiger partial charge in [0.2, 0.25) is 5.91 Å². The highest BCUT2D eigenvalue weighted by Gasteiger charge is 2.25. The molecule has 0 atom stereocenters. The van der Waals surface area contributed by atoms with Crippen LogP contribution in [0.1, 0.15) is 29.6 Å². The summed E-state index contributed by atoms with van der Waals surface area (Å²) >= 11 is 5.75. The van der Waals surface area contributed by atoms with Crippen LogP contribution in [0, 0.1) is 5.92 Å². The molecule has 2 rings (SSSR count). The number of hydrogen-bond acceptors (Lipinski definition) is 3. The molecule has 2 amide bonds. The first-order chi connectivity index (χ1) is 9.47. The maximum atomic E-state index is 12.3. The molecule has 3 N–H and O–H groups in total. The zero-order valence-corrected chi connectivity index (χ0v) is 11.8. The van der Waals surface area contributed by atoms with Crippen molar-refractivity contribution in [2.24, 2.45) is 11.7 Å². The van der Waals surface area contributed by atoms with Crippen LogP contribution < -0.4 is 5.73 Å². The number of aromatic hydroxyl groups is 1. The van der Waals surface area contributed by atoms with Crippen molar-refractivity contribution in [1.82, 2.24) is 4.90 Å². The number of nitrogens with two attached hydrogens (primary N) is 1. The molecule has 5 nitrogen and oxygen atoms in total. The predicted octanol–water partition coefficient (Wildman–Crippen LogP) is 1.77. The number of rotatable bonds is 3. The predicted molar refractivity (Wildman–Crippen MR) is 75.6 cm³/mol. The molecule has 1 aromatic rings. The number of halogens is 1. The molecule has 0 saturated carbocycles. The summed E-state index contributed by atoms with van der Waals surface area (Å²) in [5, 5.41) is 10.2. The molecule has 108 valence electrons. The van der Waals surface area contributed by atoms with Crippen LogP contribution in [0.3, 0.4) is 0 Å². The van der Waals surface area contributed by atoms with Gasteiger partial charge >= 0.3 is 0 Å². The smallest absolute Gasteiger partial charge is 0.257 e. The van der Waals surface area contributed by atoms with Crippen LogP contribution in [-0.4, -0.2) is 34.9 Å². The standard InChI is InChI=1S/C14H17ClN2O3/c15-10-1-2-11(12(18)8-10)14(20)17-5-3-9(4-6-17)7-13(16)19/h1-2,8-9,18H,3-7H2,(H2,16,19). The molecule has 0 aliphatic carbocycles. The van der Waals surface area contributed by atoms with Gasteiger partial charge in [-0.05, 0) is 37.0 Å². The van der Waals surface area contributed by atoms with Gasteiger partial charge in [-0.1, -0.05) is 11.6 Å². The Morgan fingerprint density at radius 3 is 2.55 bits per heavy atom. The van der Waals surface area contributed by atoms with Crippen molar-refractivity contribution in [3.8, 4) is 5.75 Å². The van der Waals surface area contributed by atoms with Crippen molar-refractivity contribution in [1.29, 1.82) is 0 Å². The normalized spacial score (nSPS) is 16.1. The second kappa shape index (κ2) is 6.13. The van der Waals surface area contributed by atoms with E-state index in [0.29, 0.717) is 24.5 Å². The summed E-state index contributed by atoms with van der Waals surface area (Å²) in [7, 11) is 0. The zero-order chi connectivity index (χ0) is 14.7. The molecular formula is C14H17ClN2O3. The molecule has 0 aromatic heterocycles. The number of benzene rings is 1. The number of likely N-dealkylation sites (tertiary alicyclic amines) is 1. The van der Waals surface area contributed by atoms with Crippen molar-refractivity contribution in [3.05, 3.63) is 28.8 Å². The van der Waals surface area contributed by atoms with Crippen LogP contribution in [0.4, 0.5) is 0 Å². The minimum absolute atomic E-state index is 0.109. The Kier molecular flexibility index (Phi) is 4.49. The molecule has 1 aliphatic rings. The molecule has 0 radical (unpaired) electrons. The highest BCUT2D eigenvalue weighted by molar-refractivity contribution is 6.30. The van der Waals surface area contributed by atoms with Crippen LogP contribution in [0.25, 0.3) is 0 Å². The molecule has 1 aromatic carbocycles. The molecule has 20 heavy (non-hydrogen) atoms. The minimum atomic E-state index is -0.301. The summed E-state index contributed by atoms with van der Waals surface area (Å²) in [6.07, 6.45) is 1.88. The zero-order valence-electron chi connectivity index (χ0n) is 11.0. The van der Waals surface area contributed by atoms with E-state index < -0.39 is 0 Å². The Bertz CT molecular complexity index is 525. The van der Waals surface area contributed by atoms with Crippen molar-refractivity contribution in [3.63, 3.8) is 0 Å². The second-order valence-electron chi connectivity index (χ2n) is 5.07. The monoisotopic (exact) mass is 296 g/mol. The Morgan fingerprint density at radius 2 is 2.00 bits per heavy atom. The summed E-state index contributed by atoms with van der Waals surface area (Å²) in [5.74, 6) is -0.376. The Labute approximate surface area is 122 Å². The van der Waals surface area contributed by atoms with Crippen LogP contribution >= 0.6 is 11.6 Å². The van der Waals surface area contributed by atoms with Crippen molar-refractivity contribution in [2.45, 2.75) is 19.3 Å². The van der Waals surface area contributed by atoms with Crippen LogP contribution in [0.5, 0.6) is 5.75 Å². The fraction of sp³-hybridized carbons (Fsp3) is 0.429. The van der Waals surface area contributed by atoms with Gasteiger partial charge in [-0.25, -0.2) is 0 Å². The third-order valence-electron chi connectivity index (χ3n) is 3.58. The summed E-state index contributed by atoms with van der Waals surface area (Å²) < 4.78 is 0. The van der Waals surface area contributed by atoms with Crippen LogP contribution in [-0.2, 0) is 4.79 Å². The van der Waals surface area contributed by atoms with Gasteiger partial charge in [0.1, 0.15) is 5.75 Å². The van der Waals surface area contributed by atoms with E-state index in [1.165, 1.54) is 12.1 Å². The first-order valence-corrected chi connectivity index (χ1v) is 6.91. The SMILES string of the molecule is NC(=O)CC1CCN(C(=O)c2ccc(Cl)cc2O)CC1.